The van der Waals surface area contributed by atoms with Crippen LogP contribution >= 0.6 is 0 Å². The first kappa shape index (κ1) is 115. The lowest BCUT2D eigenvalue weighted by Crippen LogP contribution is -2.53. The summed E-state index contributed by atoms with van der Waals surface area (Å²) in [6.45, 7) is 23.4. The molecule has 6 amide bonds. The van der Waals surface area contributed by atoms with Crippen molar-refractivity contribution in [3.05, 3.63) is 0 Å². The number of nitrogens with one attached hydrogen (secondary N) is 6. The quantitative estimate of drug-likeness (QED) is 0.0163. The molecule has 0 bridgehead atoms. The number of carbonyl (C=O) groups is 6. The number of rotatable bonds is 64. The maximum Gasteiger partial charge on any atom is 0.296 e. The number of aliphatic hydroxyl groups excluding tert-OH is 2. The first-order valence-corrected chi connectivity index (χ1v) is 44.6. The fraction of sp³-hybridized carbons (Fsp3) is 0.771. The molecule has 1 atom stereocenters. The Labute approximate surface area is 712 Å². The van der Waals surface area contributed by atoms with E-state index >= 15 is 0 Å². The summed E-state index contributed by atoms with van der Waals surface area (Å²) >= 11 is 0. The SMILES string of the molecule is CC#CC#CC#CC#CC#CC#CC#CC#CC(=O)NCCCN(C)C.CC(=O)NCCC[N+](C)(C)CC(O)C[N+](C)(C)CCCNC(C)=O.CCCCCCCCCCCCCCCCCC(=O)NCCCN(C)C.CCCCCCCCCCCCCCCCCC(=O)NCCC[N+](C)(C)CC(O)C[N+](C)(C)CCCNC(C)=O. The fourth-order valence-corrected chi connectivity index (χ4v) is 13.1. The zero-order valence-corrected chi connectivity index (χ0v) is 77.4. The predicted molar refractivity (Wildman–Crippen MR) is 486 cm³/mol. The first-order valence-electron chi connectivity index (χ1n) is 44.6. The number of hydrogen-bond acceptors (Lipinski definition) is 10. The van der Waals surface area contributed by atoms with Gasteiger partial charge in [0, 0.05) is 104 Å². The van der Waals surface area contributed by atoms with Gasteiger partial charge in [-0.3, -0.25) is 28.8 Å². The lowest BCUT2D eigenvalue weighted by atomic mass is 10.0. The van der Waals surface area contributed by atoms with E-state index in [0.717, 1.165) is 122 Å². The second-order valence-electron chi connectivity index (χ2n) is 34.3. The van der Waals surface area contributed by atoms with E-state index in [4.69, 9.17) is 0 Å². The van der Waals surface area contributed by atoms with Crippen molar-refractivity contribution in [1.29, 1.82) is 0 Å². The Morgan fingerprint density at radius 3 is 0.750 bits per heavy atom. The minimum absolute atomic E-state index is 0.00125. The van der Waals surface area contributed by atoms with Crippen molar-refractivity contribution in [2.24, 2.45) is 0 Å². The third-order valence-electron chi connectivity index (χ3n) is 19.3. The zero-order chi connectivity index (χ0) is 87.5. The normalized spacial score (nSPS) is 10.9. The van der Waals surface area contributed by atoms with Crippen LogP contribution in [0.15, 0.2) is 0 Å². The lowest BCUT2D eigenvalue weighted by molar-refractivity contribution is -0.914. The molecule has 0 saturated carbocycles. The number of likely N-dealkylation sites (N-methyl/N-ethyl adjacent to an activating group) is 4. The number of carbonyl (C=O) groups excluding carboxylic acids is 6. The topological polar surface area (TPSA) is 222 Å². The molecule has 0 rings (SSSR count). The van der Waals surface area contributed by atoms with Gasteiger partial charge in [-0.05, 0) is 157 Å². The Bertz CT molecular complexity index is 3030. The van der Waals surface area contributed by atoms with Crippen molar-refractivity contribution in [2.75, 3.05) is 189 Å². The number of unbranched alkanes of at least 4 members (excludes halogenated alkanes) is 28. The van der Waals surface area contributed by atoms with Crippen LogP contribution < -0.4 is 31.9 Å². The molecular weight excluding hydrogens is 1450 g/mol. The Kier molecular flexibility index (Phi) is 81.2. The minimum atomic E-state index is -0.384. The van der Waals surface area contributed by atoms with Crippen molar-refractivity contribution in [3.63, 3.8) is 0 Å². The van der Waals surface area contributed by atoms with Gasteiger partial charge in [0.1, 0.15) is 26.2 Å². The predicted octanol–water partition coefficient (Wildman–Crippen LogP) is 11.8. The second-order valence-corrected chi connectivity index (χ2v) is 34.3. The molecule has 660 valence electrons. The summed E-state index contributed by atoms with van der Waals surface area (Å²) in [4.78, 5) is 72.2. The summed E-state index contributed by atoms with van der Waals surface area (Å²) in [5, 5.41) is 38.4. The number of quaternary nitrogens is 4. The molecular formula is C96H172N12O8+4. The zero-order valence-electron chi connectivity index (χ0n) is 77.4. The van der Waals surface area contributed by atoms with Gasteiger partial charge in [-0.2, -0.15) is 0 Å². The van der Waals surface area contributed by atoms with Gasteiger partial charge in [0.15, 0.2) is 12.2 Å². The van der Waals surface area contributed by atoms with Crippen LogP contribution in [0.25, 0.3) is 0 Å². The molecule has 0 aliphatic heterocycles. The number of aliphatic hydroxyl groups is 2. The highest BCUT2D eigenvalue weighted by Gasteiger charge is 2.28. The van der Waals surface area contributed by atoms with Crippen molar-refractivity contribution in [3.8, 4) is 94.7 Å². The van der Waals surface area contributed by atoms with Gasteiger partial charge < -0.3 is 69.8 Å². The van der Waals surface area contributed by atoms with E-state index < -0.39 is 0 Å². The van der Waals surface area contributed by atoms with E-state index in [2.05, 4.69) is 216 Å². The van der Waals surface area contributed by atoms with E-state index in [1.165, 1.54) is 194 Å². The average molecular weight is 1620 g/mol. The van der Waals surface area contributed by atoms with Crippen LogP contribution in [0.3, 0.4) is 0 Å². The standard InChI is InChI=1S/C33H68N4O3.C23H48N2O.C23H16N2O.C17H36N4O3/c1-7-8-9-10-11-12-13-14-15-16-17-18-19-20-21-24-33(40)35-26-23-28-37(5,6)30-32(39)29-36(3,4)27-22-25-34-31(2)38;2*1-4-5-6-7-8-9-10-11-12-13-14-15-16-17-18-20-23(26)24-21-19-22-25(2)3;1-15(22)18-9-7-11-20(3,4)13-17(24)14-21(5,6)12-8-10-19-16(2)23/h32,39H,7-30H2,1-6H3;4-22H2,1-3H3,(H,24,26);19,21-22H2,1-3H3,(H,24,26);17,24H,7-14H2,1-6H3/p+4. The van der Waals surface area contributed by atoms with Crippen molar-refractivity contribution in [1.82, 2.24) is 41.7 Å². The molecule has 0 aromatic heterocycles. The monoisotopic (exact) mass is 1620 g/mol. The van der Waals surface area contributed by atoms with Gasteiger partial charge in [-0.15, -0.1) is 0 Å². The maximum atomic E-state index is 12.2. The molecule has 0 aromatic carbocycles. The fourth-order valence-electron chi connectivity index (χ4n) is 13.1. The van der Waals surface area contributed by atoms with Gasteiger partial charge in [0.2, 0.25) is 29.5 Å². The van der Waals surface area contributed by atoms with E-state index in [9.17, 15) is 39.0 Å². The molecule has 0 saturated heterocycles. The highest BCUT2D eigenvalue weighted by Crippen LogP contribution is 2.17. The van der Waals surface area contributed by atoms with E-state index in [0.29, 0.717) is 71.7 Å². The van der Waals surface area contributed by atoms with Crippen molar-refractivity contribution < 1.29 is 56.9 Å². The third-order valence-corrected chi connectivity index (χ3v) is 19.3. The number of hydrogen-bond donors (Lipinski definition) is 8. The molecule has 0 spiro atoms. The Morgan fingerprint density at radius 1 is 0.293 bits per heavy atom. The molecule has 0 radical (unpaired) electrons. The third kappa shape index (κ3) is 99.3. The highest BCUT2D eigenvalue weighted by molar-refractivity contribution is 5.94. The Hall–Kier alpha value is -7.02. The van der Waals surface area contributed by atoms with Crippen LogP contribution in [0.2, 0.25) is 0 Å². The van der Waals surface area contributed by atoms with E-state index in [1.54, 1.807) is 6.92 Å². The van der Waals surface area contributed by atoms with Gasteiger partial charge in [0.05, 0.1) is 82.6 Å². The summed E-state index contributed by atoms with van der Waals surface area (Å²) < 4.78 is 2.93. The summed E-state index contributed by atoms with van der Waals surface area (Å²) in [5.74, 6) is 40.0. The van der Waals surface area contributed by atoms with Crippen LogP contribution in [-0.4, -0.2) is 275 Å². The Morgan fingerprint density at radius 2 is 0.509 bits per heavy atom. The van der Waals surface area contributed by atoms with Crippen LogP contribution in [0, 0.1) is 94.7 Å². The van der Waals surface area contributed by atoms with Gasteiger partial charge >= 0.3 is 0 Å². The summed E-state index contributed by atoms with van der Waals surface area (Å²) in [6, 6.07) is 0. The van der Waals surface area contributed by atoms with Crippen LogP contribution in [0.4, 0.5) is 0 Å². The molecule has 0 aromatic rings. The molecule has 1 unspecified atom stereocenters. The molecule has 0 fully saturated rings. The lowest BCUT2D eigenvalue weighted by Gasteiger charge is -2.36. The Balaban J connectivity index is -0.000000738. The van der Waals surface area contributed by atoms with E-state index in [-0.39, 0.29) is 47.7 Å². The van der Waals surface area contributed by atoms with Gasteiger partial charge in [-0.25, -0.2) is 0 Å². The average Bonchev–Trinajstić information content (AvgIpc) is 0.885. The summed E-state index contributed by atoms with van der Waals surface area (Å²) in [5.41, 5.74) is 0. The summed E-state index contributed by atoms with van der Waals surface area (Å²) in [6.07, 6.45) is 46.7. The van der Waals surface area contributed by atoms with Gasteiger partial charge in [-0.1, -0.05) is 200 Å². The molecule has 20 heteroatoms. The summed E-state index contributed by atoms with van der Waals surface area (Å²) in [7, 11) is 25.1. The molecule has 20 nitrogen and oxygen atoms in total. The molecule has 0 aliphatic carbocycles. The second kappa shape index (κ2) is 81.7. The largest absolute Gasteiger partial charge is 0.382 e. The van der Waals surface area contributed by atoms with Crippen molar-refractivity contribution in [2.45, 2.75) is 298 Å². The smallest absolute Gasteiger partial charge is 0.296 e. The van der Waals surface area contributed by atoms with Crippen LogP contribution in [-0.2, 0) is 28.8 Å². The first-order chi connectivity index (χ1) is 55.2. The van der Waals surface area contributed by atoms with Crippen LogP contribution in [0.1, 0.15) is 286 Å². The molecule has 116 heavy (non-hydrogen) atoms. The van der Waals surface area contributed by atoms with Gasteiger partial charge in [0.25, 0.3) is 5.91 Å². The number of nitrogens with zero attached hydrogens (tertiary/aromatic N) is 6. The maximum absolute atomic E-state index is 12.2. The highest BCUT2D eigenvalue weighted by atomic mass is 16.3. The molecule has 8 N–H and O–H groups in total. The van der Waals surface area contributed by atoms with Crippen LogP contribution in [0.5, 0.6) is 0 Å². The minimum Gasteiger partial charge on any atom is -0.382 e. The molecule has 0 heterocycles. The van der Waals surface area contributed by atoms with E-state index in [1.807, 2.05) is 19.0 Å². The van der Waals surface area contributed by atoms with Crippen molar-refractivity contribution >= 4 is 35.4 Å². The number of amides is 6. The molecule has 0 aliphatic rings.